The van der Waals surface area contributed by atoms with Gasteiger partial charge in [-0.2, -0.15) is 0 Å². The number of rotatable bonds is 6. The summed E-state index contributed by atoms with van der Waals surface area (Å²) in [5.41, 5.74) is 3.16. The standard InChI is InChI=1S/C26H24O7/c1-3-31-21-12-16(30-2)6-8-18(21)24-19-11-15(27)5-7-17(19)23(25(24)26(28)29)14-4-9-20-22(10-14)33-13-32-20/h4-12,23-25,27H,3,13H2,1-2H3,(H,28,29)/t23-,24+,25+/m0/s1. The molecule has 1 aliphatic carbocycles. The largest absolute Gasteiger partial charge is 0.508 e. The predicted octanol–water partition coefficient (Wildman–Crippen LogP) is 4.51. The van der Waals surface area contributed by atoms with Crippen LogP contribution in [0.2, 0.25) is 0 Å². The number of aromatic hydroxyl groups is 1. The van der Waals surface area contributed by atoms with Crippen LogP contribution in [0.4, 0.5) is 0 Å². The normalized spacial score (nSPS) is 20.4. The summed E-state index contributed by atoms with van der Waals surface area (Å²) < 4.78 is 22.2. The number of methoxy groups -OCH3 is 1. The minimum Gasteiger partial charge on any atom is -0.508 e. The van der Waals surface area contributed by atoms with Gasteiger partial charge in [-0.25, -0.2) is 0 Å². The minimum atomic E-state index is -0.934. The van der Waals surface area contributed by atoms with Crippen LogP contribution in [0, 0.1) is 5.92 Å². The van der Waals surface area contributed by atoms with E-state index in [0.29, 0.717) is 29.6 Å². The lowest BCUT2D eigenvalue weighted by molar-refractivity contribution is -0.142. The smallest absolute Gasteiger partial charge is 0.308 e. The van der Waals surface area contributed by atoms with Crippen molar-refractivity contribution in [1.82, 2.24) is 0 Å². The maximum Gasteiger partial charge on any atom is 0.308 e. The Balaban J connectivity index is 1.71. The van der Waals surface area contributed by atoms with Crippen LogP contribution in [0.3, 0.4) is 0 Å². The van der Waals surface area contributed by atoms with E-state index in [2.05, 4.69) is 0 Å². The first-order valence-electron chi connectivity index (χ1n) is 10.8. The van der Waals surface area contributed by atoms with Crippen LogP contribution in [0.1, 0.15) is 41.0 Å². The average molecular weight is 448 g/mol. The van der Waals surface area contributed by atoms with Crippen molar-refractivity contribution in [2.24, 2.45) is 5.92 Å². The van der Waals surface area contributed by atoms with E-state index in [1.165, 1.54) is 0 Å². The van der Waals surface area contributed by atoms with Gasteiger partial charge in [-0.1, -0.05) is 18.2 Å². The number of hydrogen-bond acceptors (Lipinski definition) is 6. The molecule has 3 atom stereocenters. The summed E-state index contributed by atoms with van der Waals surface area (Å²) in [7, 11) is 1.57. The Kier molecular flexibility index (Phi) is 5.24. The van der Waals surface area contributed by atoms with Gasteiger partial charge in [-0.15, -0.1) is 0 Å². The first-order chi connectivity index (χ1) is 16.0. The fourth-order valence-corrected chi connectivity index (χ4v) is 5.01. The highest BCUT2D eigenvalue weighted by molar-refractivity contribution is 5.78. The molecule has 170 valence electrons. The quantitative estimate of drug-likeness (QED) is 0.573. The van der Waals surface area contributed by atoms with Gasteiger partial charge in [0.2, 0.25) is 6.79 Å². The van der Waals surface area contributed by atoms with Crippen molar-refractivity contribution in [2.45, 2.75) is 18.8 Å². The van der Waals surface area contributed by atoms with Crippen LogP contribution < -0.4 is 18.9 Å². The summed E-state index contributed by atoms with van der Waals surface area (Å²) in [4.78, 5) is 12.8. The fraction of sp³-hybridized carbons (Fsp3) is 0.269. The van der Waals surface area contributed by atoms with E-state index in [0.717, 1.165) is 22.3 Å². The van der Waals surface area contributed by atoms with Gasteiger partial charge in [-0.05, 0) is 53.9 Å². The zero-order valence-electron chi connectivity index (χ0n) is 18.3. The maximum absolute atomic E-state index is 12.8. The minimum absolute atomic E-state index is 0.0840. The number of hydrogen-bond donors (Lipinski definition) is 2. The molecule has 0 radical (unpaired) electrons. The monoisotopic (exact) mass is 448 g/mol. The fourth-order valence-electron chi connectivity index (χ4n) is 5.01. The zero-order valence-corrected chi connectivity index (χ0v) is 18.3. The lowest BCUT2D eigenvalue weighted by atomic mass is 9.79. The summed E-state index contributed by atoms with van der Waals surface area (Å²) >= 11 is 0. The molecular formula is C26H24O7. The van der Waals surface area contributed by atoms with Gasteiger partial charge in [0.05, 0.1) is 19.6 Å². The third-order valence-corrected chi connectivity index (χ3v) is 6.36. The molecule has 0 saturated heterocycles. The lowest BCUT2D eigenvalue weighted by Gasteiger charge is -2.24. The lowest BCUT2D eigenvalue weighted by Crippen LogP contribution is -2.24. The second-order valence-electron chi connectivity index (χ2n) is 8.08. The van der Waals surface area contributed by atoms with Crippen molar-refractivity contribution in [3.05, 3.63) is 76.9 Å². The van der Waals surface area contributed by atoms with Gasteiger partial charge in [-0.3, -0.25) is 4.79 Å². The molecule has 7 heteroatoms. The maximum atomic E-state index is 12.8. The average Bonchev–Trinajstić information content (AvgIpc) is 3.41. The van der Waals surface area contributed by atoms with E-state index >= 15 is 0 Å². The highest BCUT2D eigenvalue weighted by Crippen LogP contribution is 2.55. The van der Waals surface area contributed by atoms with Gasteiger partial charge in [0, 0.05) is 23.5 Å². The summed E-state index contributed by atoms with van der Waals surface area (Å²) in [6.45, 7) is 2.44. The Morgan fingerprint density at radius 3 is 2.52 bits per heavy atom. The van der Waals surface area contributed by atoms with Crippen LogP contribution in [-0.4, -0.2) is 36.7 Å². The zero-order chi connectivity index (χ0) is 23.1. The number of carboxylic acid groups (broad SMARTS) is 1. The Hall–Kier alpha value is -3.87. The second kappa shape index (κ2) is 8.24. The molecule has 0 unspecified atom stereocenters. The summed E-state index contributed by atoms with van der Waals surface area (Å²) in [6, 6.07) is 16.0. The van der Waals surface area contributed by atoms with Gasteiger partial charge in [0.1, 0.15) is 17.2 Å². The van der Waals surface area contributed by atoms with Crippen molar-refractivity contribution in [3.8, 4) is 28.7 Å². The van der Waals surface area contributed by atoms with Crippen LogP contribution in [0.15, 0.2) is 54.6 Å². The highest BCUT2D eigenvalue weighted by atomic mass is 16.7. The first-order valence-corrected chi connectivity index (χ1v) is 10.8. The molecule has 3 aromatic rings. The van der Waals surface area contributed by atoms with Crippen LogP contribution >= 0.6 is 0 Å². The van der Waals surface area contributed by atoms with E-state index in [4.69, 9.17) is 18.9 Å². The van der Waals surface area contributed by atoms with E-state index in [1.807, 2.05) is 31.2 Å². The SMILES string of the molecule is CCOc1cc(OC)ccc1[C@@H]1c2cc(O)ccc2[C@H](c2ccc3c(c2)OCO3)[C@H]1C(=O)O. The molecule has 33 heavy (non-hydrogen) atoms. The van der Waals surface area contributed by atoms with E-state index in [-0.39, 0.29) is 12.5 Å². The molecular weight excluding hydrogens is 424 g/mol. The summed E-state index contributed by atoms with van der Waals surface area (Å²) in [5.74, 6) is -0.238. The Labute approximate surface area is 191 Å². The van der Waals surface area contributed by atoms with E-state index < -0.39 is 23.7 Å². The first kappa shape index (κ1) is 21.0. The third kappa shape index (κ3) is 3.50. The topological polar surface area (TPSA) is 94.5 Å². The van der Waals surface area contributed by atoms with Crippen LogP contribution in [-0.2, 0) is 4.79 Å². The number of carboxylic acids is 1. The molecule has 2 aliphatic rings. The summed E-state index contributed by atoms with van der Waals surface area (Å²) in [6.07, 6.45) is 0. The van der Waals surface area contributed by atoms with Crippen molar-refractivity contribution in [3.63, 3.8) is 0 Å². The number of benzene rings is 3. The number of phenolic OH excluding ortho intramolecular Hbond substituents is 1. The molecule has 5 rings (SSSR count). The second-order valence-corrected chi connectivity index (χ2v) is 8.08. The van der Waals surface area contributed by atoms with Gasteiger partial charge >= 0.3 is 5.97 Å². The Morgan fingerprint density at radius 1 is 0.970 bits per heavy atom. The molecule has 0 saturated carbocycles. The third-order valence-electron chi connectivity index (χ3n) is 6.36. The molecule has 0 amide bonds. The van der Waals surface area contributed by atoms with Crippen LogP contribution in [0.25, 0.3) is 0 Å². The molecule has 0 aromatic heterocycles. The number of fused-ring (bicyclic) bond motifs is 2. The molecule has 7 nitrogen and oxygen atoms in total. The van der Waals surface area contributed by atoms with Gasteiger partial charge in [0.25, 0.3) is 0 Å². The van der Waals surface area contributed by atoms with Gasteiger partial charge < -0.3 is 29.2 Å². The van der Waals surface area contributed by atoms with E-state index in [9.17, 15) is 15.0 Å². The number of carbonyl (C=O) groups is 1. The molecule has 0 fully saturated rings. The van der Waals surface area contributed by atoms with Crippen molar-refractivity contribution >= 4 is 5.97 Å². The number of ether oxygens (including phenoxy) is 4. The Morgan fingerprint density at radius 2 is 1.76 bits per heavy atom. The number of aliphatic carboxylic acids is 1. The van der Waals surface area contributed by atoms with Crippen molar-refractivity contribution in [1.29, 1.82) is 0 Å². The van der Waals surface area contributed by atoms with E-state index in [1.54, 1.807) is 37.4 Å². The molecule has 0 bridgehead atoms. The molecule has 1 aliphatic heterocycles. The van der Waals surface area contributed by atoms with Gasteiger partial charge in [0.15, 0.2) is 11.5 Å². The molecule has 3 aromatic carbocycles. The molecule has 1 heterocycles. The molecule has 0 spiro atoms. The highest BCUT2D eigenvalue weighted by Gasteiger charge is 2.47. The predicted molar refractivity (Wildman–Crippen MR) is 120 cm³/mol. The van der Waals surface area contributed by atoms with Crippen molar-refractivity contribution in [2.75, 3.05) is 20.5 Å². The number of phenols is 1. The Bertz CT molecular complexity index is 1220. The van der Waals surface area contributed by atoms with Crippen LogP contribution in [0.5, 0.6) is 28.7 Å². The molecule has 2 N–H and O–H groups in total. The summed E-state index contributed by atoms with van der Waals surface area (Å²) in [5, 5.41) is 20.7. The van der Waals surface area contributed by atoms with Crippen molar-refractivity contribution < 1.29 is 34.0 Å².